The highest BCUT2D eigenvalue weighted by Crippen LogP contribution is 2.30. The maximum absolute atomic E-state index is 4.54. The maximum atomic E-state index is 4.54. The quantitative estimate of drug-likeness (QED) is 0.896. The zero-order valence-corrected chi connectivity index (χ0v) is 11.5. The van der Waals surface area contributed by atoms with Gasteiger partial charge < -0.3 is 5.32 Å². The zero-order valence-electron chi connectivity index (χ0n) is 11.5. The van der Waals surface area contributed by atoms with Crippen LogP contribution in [0, 0.1) is 11.8 Å². The van der Waals surface area contributed by atoms with Gasteiger partial charge in [0.25, 0.3) is 0 Å². The molecule has 1 saturated carbocycles. The number of hydrogen-bond acceptors (Lipinski definition) is 4. The Bertz CT molecular complexity index is 569. The molecule has 1 aliphatic carbocycles. The van der Waals surface area contributed by atoms with Gasteiger partial charge >= 0.3 is 0 Å². The van der Waals surface area contributed by atoms with E-state index in [4.69, 9.17) is 0 Å². The molecule has 1 fully saturated rings. The lowest BCUT2D eigenvalue weighted by Crippen LogP contribution is -2.33. The molecular formula is C15H20N4. The Morgan fingerprint density at radius 1 is 1.11 bits per heavy atom. The van der Waals surface area contributed by atoms with Crippen molar-refractivity contribution in [3.05, 3.63) is 24.5 Å². The summed E-state index contributed by atoms with van der Waals surface area (Å²) in [5, 5.41) is 3.56. The van der Waals surface area contributed by atoms with Gasteiger partial charge in [0.05, 0.1) is 0 Å². The molecule has 4 nitrogen and oxygen atoms in total. The molecule has 0 bridgehead atoms. The summed E-state index contributed by atoms with van der Waals surface area (Å²) in [6, 6.07) is 4.51. The van der Waals surface area contributed by atoms with E-state index < -0.39 is 0 Å². The Balaban J connectivity index is 1.77. The Kier molecular flexibility index (Phi) is 3.32. The van der Waals surface area contributed by atoms with Crippen LogP contribution in [-0.2, 0) is 0 Å². The Hall–Kier alpha value is -1.71. The second-order valence-corrected chi connectivity index (χ2v) is 5.74. The molecule has 1 N–H and O–H groups in total. The lowest BCUT2D eigenvalue weighted by Gasteiger charge is -2.33. The third kappa shape index (κ3) is 2.67. The van der Waals surface area contributed by atoms with E-state index in [0.717, 1.165) is 17.3 Å². The Labute approximate surface area is 113 Å². The van der Waals surface area contributed by atoms with Crippen molar-refractivity contribution in [1.82, 2.24) is 15.0 Å². The molecule has 0 saturated heterocycles. The second-order valence-electron chi connectivity index (χ2n) is 5.74. The van der Waals surface area contributed by atoms with E-state index in [1.807, 2.05) is 12.1 Å². The number of nitrogens with zero attached hydrogens (tertiary/aromatic N) is 3. The molecule has 2 aromatic heterocycles. The minimum Gasteiger partial charge on any atom is -0.367 e. The molecule has 1 aliphatic rings. The van der Waals surface area contributed by atoms with Crippen molar-refractivity contribution in [2.24, 2.45) is 11.8 Å². The van der Waals surface area contributed by atoms with E-state index in [1.54, 1.807) is 12.4 Å². The van der Waals surface area contributed by atoms with E-state index in [-0.39, 0.29) is 0 Å². The number of hydrogen-bond donors (Lipinski definition) is 1. The van der Waals surface area contributed by atoms with Crippen LogP contribution < -0.4 is 5.32 Å². The minimum atomic E-state index is 0.526. The fraction of sp³-hybridized carbons (Fsp3) is 0.533. The van der Waals surface area contributed by atoms with Gasteiger partial charge in [-0.15, -0.1) is 0 Å². The highest BCUT2D eigenvalue weighted by Gasteiger charge is 2.25. The summed E-state index contributed by atoms with van der Waals surface area (Å²) in [4.78, 5) is 13.0. The van der Waals surface area contributed by atoms with Crippen molar-refractivity contribution in [2.75, 3.05) is 5.32 Å². The normalized spacial score (nSPS) is 27.4. The topological polar surface area (TPSA) is 50.7 Å². The monoisotopic (exact) mass is 256 g/mol. The van der Waals surface area contributed by atoms with Crippen LogP contribution in [0.25, 0.3) is 11.2 Å². The van der Waals surface area contributed by atoms with Gasteiger partial charge in [-0.2, -0.15) is 0 Å². The number of anilines is 1. The van der Waals surface area contributed by atoms with Crippen LogP contribution in [0.1, 0.15) is 33.1 Å². The Morgan fingerprint density at radius 3 is 2.79 bits per heavy atom. The molecule has 2 aromatic rings. The molecule has 3 unspecified atom stereocenters. The van der Waals surface area contributed by atoms with Crippen molar-refractivity contribution in [2.45, 2.75) is 39.2 Å². The molecule has 3 atom stereocenters. The highest BCUT2D eigenvalue weighted by atomic mass is 15.0. The summed E-state index contributed by atoms with van der Waals surface area (Å²) < 4.78 is 0. The molecule has 4 heteroatoms. The van der Waals surface area contributed by atoms with Crippen molar-refractivity contribution in [1.29, 1.82) is 0 Å². The molecule has 100 valence electrons. The standard InChI is InChI=1S/C15H20N4/c1-10-3-4-12(11(2)9-10)18-14-6-5-13-15(19-14)17-8-7-16-13/h5-8,10-12H,3-4,9H2,1-2H3,(H,17,18,19). The van der Waals surface area contributed by atoms with Crippen LogP contribution in [0.15, 0.2) is 24.5 Å². The molecule has 0 aliphatic heterocycles. The van der Waals surface area contributed by atoms with Crippen molar-refractivity contribution in [3.8, 4) is 0 Å². The van der Waals surface area contributed by atoms with Gasteiger partial charge in [0.15, 0.2) is 5.65 Å². The van der Waals surface area contributed by atoms with Crippen LogP contribution >= 0.6 is 0 Å². The van der Waals surface area contributed by atoms with Crippen molar-refractivity contribution >= 4 is 17.0 Å². The van der Waals surface area contributed by atoms with E-state index in [1.165, 1.54) is 19.3 Å². The minimum absolute atomic E-state index is 0.526. The van der Waals surface area contributed by atoms with E-state index in [2.05, 4.69) is 34.1 Å². The first kappa shape index (κ1) is 12.3. The molecule has 0 spiro atoms. The summed E-state index contributed by atoms with van der Waals surface area (Å²) >= 11 is 0. The summed E-state index contributed by atoms with van der Waals surface area (Å²) in [6.45, 7) is 4.67. The zero-order chi connectivity index (χ0) is 13.2. The van der Waals surface area contributed by atoms with E-state index >= 15 is 0 Å². The van der Waals surface area contributed by atoms with E-state index in [9.17, 15) is 0 Å². The summed E-state index contributed by atoms with van der Waals surface area (Å²) in [7, 11) is 0. The number of pyridine rings is 1. The van der Waals surface area contributed by atoms with Crippen LogP contribution in [-0.4, -0.2) is 21.0 Å². The predicted octanol–water partition coefficient (Wildman–Crippen LogP) is 3.26. The molecule has 2 heterocycles. The molecule has 0 amide bonds. The number of aromatic nitrogens is 3. The summed E-state index contributed by atoms with van der Waals surface area (Å²) in [5.74, 6) is 2.46. The SMILES string of the molecule is CC1CCC(Nc2ccc3nccnc3n2)C(C)C1. The maximum Gasteiger partial charge on any atom is 0.180 e. The van der Waals surface area contributed by atoms with Gasteiger partial charge in [-0.05, 0) is 43.2 Å². The van der Waals surface area contributed by atoms with Crippen molar-refractivity contribution in [3.63, 3.8) is 0 Å². The molecule has 19 heavy (non-hydrogen) atoms. The van der Waals surface area contributed by atoms with Gasteiger partial charge in [0, 0.05) is 18.4 Å². The first-order valence-corrected chi connectivity index (χ1v) is 7.06. The third-order valence-corrected chi connectivity index (χ3v) is 4.10. The third-order valence-electron chi connectivity index (χ3n) is 4.10. The van der Waals surface area contributed by atoms with Gasteiger partial charge in [0.2, 0.25) is 0 Å². The Morgan fingerprint density at radius 2 is 1.95 bits per heavy atom. The smallest absolute Gasteiger partial charge is 0.180 e. The fourth-order valence-electron chi connectivity index (χ4n) is 3.00. The van der Waals surface area contributed by atoms with Crippen LogP contribution in [0.2, 0.25) is 0 Å². The van der Waals surface area contributed by atoms with Crippen LogP contribution in [0.4, 0.5) is 5.82 Å². The summed E-state index contributed by atoms with van der Waals surface area (Å²) in [5.41, 5.74) is 1.56. The molecule has 3 rings (SSSR count). The van der Waals surface area contributed by atoms with Gasteiger partial charge in [-0.25, -0.2) is 9.97 Å². The second kappa shape index (κ2) is 5.11. The molecule has 0 aromatic carbocycles. The first-order chi connectivity index (χ1) is 9.22. The first-order valence-electron chi connectivity index (χ1n) is 7.06. The largest absolute Gasteiger partial charge is 0.367 e. The van der Waals surface area contributed by atoms with Gasteiger partial charge in [-0.1, -0.05) is 13.8 Å². The predicted molar refractivity (Wildman–Crippen MR) is 76.9 cm³/mol. The lowest BCUT2D eigenvalue weighted by atomic mass is 9.80. The van der Waals surface area contributed by atoms with Gasteiger partial charge in [-0.3, -0.25) is 4.98 Å². The fourth-order valence-corrected chi connectivity index (χ4v) is 3.00. The van der Waals surface area contributed by atoms with Gasteiger partial charge in [0.1, 0.15) is 11.3 Å². The molecular weight excluding hydrogens is 236 g/mol. The van der Waals surface area contributed by atoms with Crippen LogP contribution in [0.5, 0.6) is 0 Å². The number of fused-ring (bicyclic) bond motifs is 1. The van der Waals surface area contributed by atoms with Crippen molar-refractivity contribution < 1.29 is 0 Å². The van der Waals surface area contributed by atoms with E-state index in [0.29, 0.717) is 17.6 Å². The number of nitrogens with one attached hydrogen (secondary N) is 1. The van der Waals surface area contributed by atoms with Crippen LogP contribution in [0.3, 0.4) is 0 Å². The average molecular weight is 256 g/mol. The average Bonchev–Trinajstić information content (AvgIpc) is 2.42. The number of rotatable bonds is 2. The highest BCUT2D eigenvalue weighted by molar-refractivity contribution is 5.71. The summed E-state index contributed by atoms with van der Waals surface area (Å²) in [6.07, 6.45) is 7.20. The molecule has 0 radical (unpaired) electrons. The lowest BCUT2D eigenvalue weighted by molar-refractivity contribution is 0.276.